The lowest BCUT2D eigenvalue weighted by Gasteiger charge is -2.06. The molecule has 6 heteroatoms. The molecule has 0 fully saturated rings. The Morgan fingerprint density at radius 2 is 1.89 bits per heavy atom. The summed E-state index contributed by atoms with van der Waals surface area (Å²) in [7, 11) is 0. The molecule has 3 N–H and O–H groups in total. The van der Waals surface area contributed by atoms with Crippen molar-refractivity contribution in [3.63, 3.8) is 0 Å². The minimum absolute atomic E-state index is 0.428. The molecule has 2 heterocycles. The molecule has 0 bridgehead atoms. The number of rotatable bonds is 5. The number of aromatic nitrogens is 3. The van der Waals surface area contributed by atoms with Gasteiger partial charge in [0.2, 0.25) is 5.91 Å². The number of amides is 1. The minimum Gasteiger partial charge on any atom is -0.366 e. The Kier molecular flexibility index (Phi) is 4.72. The van der Waals surface area contributed by atoms with E-state index in [1.165, 1.54) is 11.8 Å². The van der Waals surface area contributed by atoms with Crippen LogP contribution in [0.5, 0.6) is 0 Å². The number of pyridine rings is 1. The van der Waals surface area contributed by atoms with Gasteiger partial charge in [-0.2, -0.15) is 5.10 Å². The molecule has 0 aliphatic heterocycles. The predicted molar refractivity (Wildman–Crippen MR) is 108 cm³/mol. The van der Waals surface area contributed by atoms with Crippen LogP contribution < -0.4 is 5.73 Å². The summed E-state index contributed by atoms with van der Waals surface area (Å²) in [5, 5.41) is 8.47. The van der Waals surface area contributed by atoms with Gasteiger partial charge in [0.15, 0.2) is 0 Å². The van der Waals surface area contributed by atoms with Gasteiger partial charge in [-0.15, -0.1) is 0 Å². The summed E-state index contributed by atoms with van der Waals surface area (Å²) in [6, 6.07) is 19.2. The van der Waals surface area contributed by atoms with Gasteiger partial charge in [0, 0.05) is 21.4 Å². The maximum Gasteiger partial charge on any atom is 0.249 e. The molecule has 0 saturated heterocycles. The smallest absolute Gasteiger partial charge is 0.249 e. The zero-order valence-electron chi connectivity index (χ0n) is 14.3. The number of hydrogen-bond acceptors (Lipinski definition) is 4. The zero-order valence-corrected chi connectivity index (χ0v) is 15.1. The molecule has 0 aliphatic rings. The number of primary amides is 1. The number of nitrogens with zero attached hydrogens (tertiary/aromatic N) is 2. The van der Waals surface area contributed by atoms with Crippen LogP contribution in [0.3, 0.4) is 0 Å². The van der Waals surface area contributed by atoms with Crippen LogP contribution in [0.15, 0.2) is 76.7 Å². The van der Waals surface area contributed by atoms with Gasteiger partial charge in [-0.05, 0) is 54.6 Å². The Balaban J connectivity index is 1.61. The second kappa shape index (κ2) is 7.47. The third-order valence-electron chi connectivity index (χ3n) is 4.04. The Morgan fingerprint density at radius 1 is 1.04 bits per heavy atom. The normalized spacial score (nSPS) is 11.3. The van der Waals surface area contributed by atoms with Crippen molar-refractivity contribution in [2.45, 2.75) is 9.79 Å². The van der Waals surface area contributed by atoms with Gasteiger partial charge in [-0.1, -0.05) is 30.0 Å². The van der Waals surface area contributed by atoms with Crippen LogP contribution in [-0.2, 0) is 0 Å². The van der Waals surface area contributed by atoms with E-state index < -0.39 is 5.91 Å². The van der Waals surface area contributed by atoms with Gasteiger partial charge in [0.05, 0.1) is 22.5 Å². The highest BCUT2D eigenvalue weighted by molar-refractivity contribution is 7.99. The predicted octanol–water partition coefficient (Wildman–Crippen LogP) is 4.38. The molecule has 0 aliphatic carbocycles. The van der Waals surface area contributed by atoms with Crippen molar-refractivity contribution in [1.82, 2.24) is 15.2 Å². The molecule has 1 amide bonds. The first-order chi connectivity index (χ1) is 13.2. The van der Waals surface area contributed by atoms with Gasteiger partial charge >= 0.3 is 0 Å². The van der Waals surface area contributed by atoms with Crippen molar-refractivity contribution in [3.8, 4) is 0 Å². The van der Waals surface area contributed by atoms with E-state index >= 15 is 0 Å². The molecule has 0 unspecified atom stereocenters. The van der Waals surface area contributed by atoms with E-state index in [0.717, 1.165) is 32.1 Å². The van der Waals surface area contributed by atoms with Crippen molar-refractivity contribution in [2.75, 3.05) is 0 Å². The number of hydrogen-bond donors (Lipinski definition) is 2. The Labute approximate surface area is 160 Å². The molecule has 4 rings (SSSR count). The third kappa shape index (κ3) is 3.75. The number of benzene rings is 2. The van der Waals surface area contributed by atoms with E-state index in [1.807, 2.05) is 66.7 Å². The van der Waals surface area contributed by atoms with Crippen LogP contribution >= 0.6 is 11.8 Å². The van der Waals surface area contributed by atoms with Crippen molar-refractivity contribution in [2.24, 2.45) is 5.73 Å². The van der Waals surface area contributed by atoms with Crippen molar-refractivity contribution in [3.05, 3.63) is 83.8 Å². The Morgan fingerprint density at radius 3 is 2.70 bits per heavy atom. The summed E-state index contributed by atoms with van der Waals surface area (Å²) in [6.07, 6.45) is 5.63. The summed E-state index contributed by atoms with van der Waals surface area (Å²) in [5.41, 5.74) is 8.64. The number of aromatic amines is 1. The average molecular weight is 372 g/mol. The number of carbonyl (C=O) groups is 1. The first-order valence-corrected chi connectivity index (χ1v) is 9.16. The van der Waals surface area contributed by atoms with Crippen molar-refractivity contribution < 1.29 is 4.79 Å². The summed E-state index contributed by atoms with van der Waals surface area (Å²) >= 11 is 1.50. The fraction of sp³-hybridized carbons (Fsp3) is 0. The molecule has 5 nitrogen and oxygen atoms in total. The van der Waals surface area contributed by atoms with E-state index in [0.29, 0.717) is 5.56 Å². The van der Waals surface area contributed by atoms with E-state index in [9.17, 15) is 4.79 Å². The number of fused-ring (bicyclic) bond motifs is 1. The monoisotopic (exact) mass is 372 g/mol. The lowest BCUT2D eigenvalue weighted by molar-refractivity contribution is 0.0997. The molecular weight excluding hydrogens is 356 g/mol. The molecule has 132 valence electrons. The van der Waals surface area contributed by atoms with E-state index in [-0.39, 0.29) is 0 Å². The van der Waals surface area contributed by atoms with E-state index in [4.69, 9.17) is 5.73 Å². The summed E-state index contributed by atoms with van der Waals surface area (Å²) in [4.78, 5) is 17.7. The quantitative estimate of drug-likeness (QED) is 0.544. The molecule has 0 saturated carbocycles. The van der Waals surface area contributed by atoms with E-state index in [1.54, 1.807) is 12.3 Å². The SMILES string of the molecule is NC(=O)c1ccccc1Sc1ccc2c(/C=C/c3ccccn3)n[nH]c2c1. The van der Waals surface area contributed by atoms with Crippen LogP contribution in [0, 0.1) is 0 Å². The number of nitrogens with one attached hydrogen (secondary N) is 1. The Hall–Kier alpha value is -3.38. The largest absolute Gasteiger partial charge is 0.366 e. The van der Waals surface area contributed by atoms with Crippen LogP contribution in [0.25, 0.3) is 23.1 Å². The van der Waals surface area contributed by atoms with Crippen LogP contribution in [0.1, 0.15) is 21.7 Å². The van der Waals surface area contributed by atoms with Crippen molar-refractivity contribution in [1.29, 1.82) is 0 Å². The summed E-state index contributed by atoms with van der Waals surface area (Å²) < 4.78 is 0. The molecular formula is C21H16N4OS. The molecule has 2 aromatic carbocycles. The molecule has 0 radical (unpaired) electrons. The average Bonchev–Trinajstić information content (AvgIpc) is 3.10. The second-order valence-electron chi connectivity index (χ2n) is 5.87. The number of nitrogens with two attached hydrogens (primary N) is 1. The fourth-order valence-corrected chi connectivity index (χ4v) is 3.73. The van der Waals surface area contributed by atoms with Gasteiger partial charge in [-0.3, -0.25) is 14.9 Å². The highest BCUT2D eigenvalue weighted by atomic mass is 32.2. The van der Waals surface area contributed by atoms with Crippen molar-refractivity contribution >= 4 is 40.7 Å². The second-order valence-corrected chi connectivity index (χ2v) is 6.98. The van der Waals surface area contributed by atoms with Gasteiger partial charge < -0.3 is 5.73 Å². The van der Waals surface area contributed by atoms with Crippen LogP contribution in [0.2, 0.25) is 0 Å². The van der Waals surface area contributed by atoms with Gasteiger partial charge in [0.1, 0.15) is 0 Å². The number of H-pyrrole nitrogens is 1. The molecule has 2 aromatic heterocycles. The topological polar surface area (TPSA) is 84.7 Å². The Bertz CT molecular complexity index is 1140. The maximum atomic E-state index is 11.6. The molecule has 4 aromatic rings. The molecule has 27 heavy (non-hydrogen) atoms. The lowest BCUT2D eigenvalue weighted by Crippen LogP contribution is -2.11. The fourth-order valence-electron chi connectivity index (χ4n) is 2.74. The molecule has 0 atom stereocenters. The van der Waals surface area contributed by atoms with Gasteiger partial charge in [0.25, 0.3) is 0 Å². The highest BCUT2D eigenvalue weighted by Gasteiger charge is 2.10. The van der Waals surface area contributed by atoms with Crippen LogP contribution in [0.4, 0.5) is 0 Å². The van der Waals surface area contributed by atoms with E-state index in [2.05, 4.69) is 15.2 Å². The third-order valence-corrected chi connectivity index (χ3v) is 5.11. The maximum absolute atomic E-state index is 11.6. The standard InChI is InChI=1S/C21H16N4OS/c22-21(26)17-6-1-2-7-20(17)27-15-9-10-16-18(24-25-19(16)13-15)11-8-14-5-3-4-12-23-14/h1-13H,(H2,22,26)(H,24,25)/b11-8+. The molecule has 0 spiro atoms. The van der Waals surface area contributed by atoms with Gasteiger partial charge in [-0.25, -0.2) is 0 Å². The first kappa shape index (κ1) is 17.1. The summed E-state index contributed by atoms with van der Waals surface area (Å²) in [5.74, 6) is -0.428. The van der Waals surface area contributed by atoms with Crippen LogP contribution in [-0.4, -0.2) is 21.1 Å². The first-order valence-electron chi connectivity index (χ1n) is 8.34. The lowest BCUT2D eigenvalue weighted by atomic mass is 10.2. The number of carbonyl (C=O) groups excluding carboxylic acids is 1. The summed E-state index contributed by atoms with van der Waals surface area (Å²) in [6.45, 7) is 0. The zero-order chi connectivity index (χ0) is 18.6. The highest BCUT2D eigenvalue weighted by Crippen LogP contribution is 2.32. The minimum atomic E-state index is -0.428.